The van der Waals surface area contributed by atoms with Gasteiger partial charge in [0, 0.05) is 46.0 Å². The van der Waals surface area contributed by atoms with Crippen molar-refractivity contribution in [3.8, 4) is 11.1 Å². The minimum Gasteiger partial charge on any atom is -0.337 e. The van der Waals surface area contributed by atoms with Crippen molar-refractivity contribution in [2.24, 2.45) is 22.2 Å². The Morgan fingerprint density at radius 1 is 0.758 bits per heavy atom. The van der Waals surface area contributed by atoms with Gasteiger partial charge in [-0.25, -0.2) is 4.99 Å². The summed E-state index contributed by atoms with van der Waals surface area (Å²) in [6.07, 6.45) is 28.4. The van der Waals surface area contributed by atoms with E-state index in [9.17, 15) is 0 Å². The van der Waals surface area contributed by atoms with Crippen molar-refractivity contribution in [3.63, 3.8) is 0 Å². The highest BCUT2D eigenvalue weighted by molar-refractivity contribution is 6.02. The molecule has 4 aromatic carbocycles. The molecule has 0 bridgehead atoms. The van der Waals surface area contributed by atoms with Gasteiger partial charge in [0.1, 0.15) is 0 Å². The van der Waals surface area contributed by atoms with Gasteiger partial charge in [0.2, 0.25) is 5.96 Å². The Bertz CT molecular complexity index is 3010. The van der Waals surface area contributed by atoms with Crippen LogP contribution in [-0.4, -0.2) is 28.5 Å². The Kier molecular flexibility index (Phi) is 8.00. The van der Waals surface area contributed by atoms with Crippen molar-refractivity contribution in [1.82, 2.24) is 9.47 Å². The van der Waals surface area contributed by atoms with Crippen LogP contribution >= 0.6 is 0 Å². The fourth-order valence-electron chi connectivity index (χ4n) is 13.0. The Balaban J connectivity index is 0.952. The first-order valence-electron chi connectivity index (χ1n) is 22.9. The van der Waals surface area contributed by atoms with Gasteiger partial charge in [0.05, 0.1) is 29.0 Å². The number of allylic oxidation sites excluding steroid dienone is 10. The third-order valence-corrected chi connectivity index (χ3v) is 16.1. The summed E-state index contributed by atoms with van der Waals surface area (Å²) < 4.78 is 2.50. The van der Waals surface area contributed by atoms with Crippen LogP contribution in [-0.2, 0) is 10.8 Å². The van der Waals surface area contributed by atoms with E-state index < -0.39 is 0 Å². The second kappa shape index (κ2) is 13.2. The monoisotopic (exact) mass is 808 g/mol. The molecule has 5 aliphatic carbocycles. The molecular weight excluding hydrogens is 753 g/mol. The lowest BCUT2D eigenvalue weighted by Gasteiger charge is -2.52. The maximum atomic E-state index is 5.73. The van der Waals surface area contributed by atoms with Crippen molar-refractivity contribution in [3.05, 3.63) is 197 Å². The first kappa shape index (κ1) is 37.6. The van der Waals surface area contributed by atoms with Crippen LogP contribution in [0.2, 0.25) is 0 Å². The number of hydrogen-bond donors (Lipinski definition) is 0. The molecule has 4 nitrogen and oxygen atoms in total. The molecule has 308 valence electrons. The van der Waals surface area contributed by atoms with E-state index in [-0.39, 0.29) is 34.2 Å². The lowest BCUT2D eigenvalue weighted by Crippen LogP contribution is -2.56. The largest absolute Gasteiger partial charge is 0.337 e. The average Bonchev–Trinajstić information content (AvgIpc) is 3.84. The zero-order valence-electron chi connectivity index (χ0n) is 37.1. The van der Waals surface area contributed by atoms with Crippen LogP contribution in [0.1, 0.15) is 99.9 Å². The van der Waals surface area contributed by atoms with E-state index in [2.05, 4.69) is 221 Å². The van der Waals surface area contributed by atoms with Crippen molar-refractivity contribution >= 4 is 34.3 Å². The molecule has 1 aromatic heterocycles. The molecule has 0 N–H and O–H groups in total. The van der Waals surface area contributed by atoms with Gasteiger partial charge in [0.15, 0.2) is 0 Å². The van der Waals surface area contributed by atoms with Crippen molar-refractivity contribution in [2.45, 2.75) is 83.2 Å². The highest BCUT2D eigenvalue weighted by atomic mass is 15.4. The minimum absolute atomic E-state index is 0.0598. The van der Waals surface area contributed by atoms with Gasteiger partial charge in [-0.1, -0.05) is 162 Å². The van der Waals surface area contributed by atoms with Gasteiger partial charge in [-0.05, 0) is 106 Å². The highest BCUT2D eigenvalue weighted by Crippen LogP contribution is 2.59. The van der Waals surface area contributed by atoms with E-state index in [1.54, 1.807) is 0 Å². The zero-order chi connectivity index (χ0) is 42.3. The van der Waals surface area contributed by atoms with Crippen LogP contribution in [0.5, 0.6) is 0 Å². The van der Waals surface area contributed by atoms with Crippen LogP contribution in [0.15, 0.2) is 168 Å². The van der Waals surface area contributed by atoms with E-state index >= 15 is 0 Å². The molecule has 7 aliphatic rings. The molecule has 0 saturated carbocycles. The van der Waals surface area contributed by atoms with Crippen LogP contribution in [0.4, 0.5) is 5.69 Å². The topological polar surface area (TPSA) is 23.8 Å². The maximum Gasteiger partial charge on any atom is 0.207 e. The number of hydrogen-bond acceptors (Lipinski definition) is 3. The Morgan fingerprint density at radius 3 is 2.37 bits per heavy atom. The van der Waals surface area contributed by atoms with Crippen LogP contribution in [0.25, 0.3) is 33.8 Å². The average molecular weight is 809 g/mol. The first-order chi connectivity index (χ1) is 30.0. The van der Waals surface area contributed by atoms with Crippen molar-refractivity contribution < 1.29 is 0 Å². The molecule has 0 amide bonds. The number of guanidine groups is 1. The minimum atomic E-state index is -0.269. The van der Waals surface area contributed by atoms with Gasteiger partial charge in [-0.3, -0.25) is 0 Å². The summed E-state index contributed by atoms with van der Waals surface area (Å²) in [7, 11) is 2.31. The molecule has 0 fully saturated rings. The smallest absolute Gasteiger partial charge is 0.207 e. The molecule has 12 rings (SSSR count). The summed E-state index contributed by atoms with van der Waals surface area (Å²) >= 11 is 0. The van der Waals surface area contributed by atoms with Gasteiger partial charge in [-0.2, -0.15) is 0 Å². The molecule has 5 aromatic rings. The van der Waals surface area contributed by atoms with E-state index in [0.29, 0.717) is 11.8 Å². The second-order valence-corrected chi connectivity index (χ2v) is 20.1. The molecule has 2 aliphatic heterocycles. The molecule has 62 heavy (non-hydrogen) atoms. The fourth-order valence-corrected chi connectivity index (χ4v) is 13.0. The molecule has 0 spiro atoms. The molecule has 7 atom stereocenters. The number of aliphatic imine (C=N–C) groups is 1. The highest BCUT2D eigenvalue weighted by Gasteiger charge is 2.54. The van der Waals surface area contributed by atoms with Crippen LogP contribution < -0.4 is 4.90 Å². The number of anilines is 1. The molecule has 0 saturated heterocycles. The van der Waals surface area contributed by atoms with Crippen molar-refractivity contribution in [2.75, 3.05) is 11.9 Å². The van der Waals surface area contributed by atoms with Crippen molar-refractivity contribution in [1.29, 1.82) is 0 Å². The quantitative estimate of drug-likeness (QED) is 0.181. The number of fused-ring (bicyclic) bond motifs is 10. The summed E-state index contributed by atoms with van der Waals surface area (Å²) in [6, 6.07) is 34.4. The summed E-state index contributed by atoms with van der Waals surface area (Å²) in [5, 5.41) is 1.36. The summed E-state index contributed by atoms with van der Waals surface area (Å²) in [5.74, 6) is 2.15. The number of aromatic nitrogens is 1. The lowest BCUT2D eigenvalue weighted by atomic mass is 9.67. The molecule has 0 radical (unpaired) electrons. The molecule has 4 heteroatoms. The zero-order valence-corrected chi connectivity index (χ0v) is 37.1. The molecular formula is C58H56N4. The summed E-state index contributed by atoms with van der Waals surface area (Å²) in [5.41, 5.74) is 16.9. The van der Waals surface area contributed by atoms with E-state index in [1.807, 2.05) is 0 Å². The number of rotatable bonds is 3. The number of para-hydroxylation sites is 2. The SMILES string of the molecule is CC1C=CC(n2c3c(c4ccccc42)C(C)C(C2=CC4(C)c5ccccc5N(C5=NC6=CC=CCC6(C)C(c6cccc7c6C(C)(C)c6ccccc6-7)N5C)C4C=C2)C=C3)=CC1. The third-order valence-electron chi connectivity index (χ3n) is 16.1. The summed E-state index contributed by atoms with van der Waals surface area (Å²) in [4.78, 5) is 10.8. The predicted octanol–water partition coefficient (Wildman–Crippen LogP) is 13.7. The van der Waals surface area contributed by atoms with Gasteiger partial charge < -0.3 is 14.4 Å². The van der Waals surface area contributed by atoms with Gasteiger partial charge >= 0.3 is 0 Å². The number of nitrogens with zero attached hydrogens (tertiary/aromatic N) is 4. The second-order valence-electron chi connectivity index (χ2n) is 20.1. The Hall–Kier alpha value is -6.13. The maximum absolute atomic E-state index is 5.73. The van der Waals surface area contributed by atoms with E-state index in [4.69, 9.17) is 4.99 Å². The van der Waals surface area contributed by atoms with Crippen LogP contribution in [0, 0.1) is 17.3 Å². The fraction of sp³-hybridized carbons (Fsp3) is 0.293. The van der Waals surface area contributed by atoms with Gasteiger partial charge in [-0.15, -0.1) is 0 Å². The predicted molar refractivity (Wildman–Crippen MR) is 259 cm³/mol. The Labute approximate surface area is 367 Å². The Morgan fingerprint density at radius 2 is 1.53 bits per heavy atom. The standard InChI is InChI=1S/C58H56N4/c1-36-26-29-39(30-27-36)61-47-23-12-9-18-43(47)52-37(2)40(31-32-49(52)61)38-28-33-51-58(6,35-38)46-22-11-13-24-48(46)62(51)55-59-50-25-14-15-34-57(50,5)54(60(55)7)44-20-16-19-42-41-17-8-10-21-45(41)56(3,4)53(42)44/h8-26,28-33,35-37,40,51,54H,27,34H2,1-7H3. The molecule has 7 unspecified atom stereocenters. The van der Waals surface area contributed by atoms with E-state index in [0.717, 1.165) is 24.5 Å². The van der Waals surface area contributed by atoms with E-state index in [1.165, 1.54) is 72.5 Å². The molecule has 3 heterocycles. The third kappa shape index (κ3) is 4.98. The lowest BCUT2D eigenvalue weighted by molar-refractivity contribution is 0.170. The normalized spacial score (nSPS) is 29.6. The van der Waals surface area contributed by atoms with Crippen LogP contribution in [0.3, 0.4) is 0 Å². The summed E-state index contributed by atoms with van der Waals surface area (Å²) in [6.45, 7) is 14.5. The first-order valence-corrected chi connectivity index (χ1v) is 22.9. The van der Waals surface area contributed by atoms with Gasteiger partial charge in [0.25, 0.3) is 0 Å². The number of benzene rings is 4.